The van der Waals surface area contributed by atoms with Crippen LogP contribution in [0.25, 0.3) is 0 Å². The predicted molar refractivity (Wildman–Crippen MR) is 252 cm³/mol. The molecule has 15 nitrogen and oxygen atoms in total. The highest BCUT2D eigenvalue weighted by Crippen LogP contribution is 2.23. The third-order valence-corrected chi connectivity index (χ3v) is 9.96. The Balaban J connectivity index is 0.000000262. The van der Waals surface area contributed by atoms with Crippen LogP contribution in [0.2, 0.25) is 0 Å². The lowest BCUT2D eigenvalue weighted by Crippen LogP contribution is -2.40. The summed E-state index contributed by atoms with van der Waals surface area (Å²) < 4.78 is 4.37. The first kappa shape index (κ1) is 53.1. The summed E-state index contributed by atoms with van der Waals surface area (Å²) in [5.41, 5.74) is 10.5. The Hall–Kier alpha value is -7.20. The lowest BCUT2D eigenvalue weighted by molar-refractivity contribution is -0.144. The number of carbonyl (C=O) groups is 6. The first-order valence-corrected chi connectivity index (χ1v) is 21.5. The van der Waals surface area contributed by atoms with Crippen molar-refractivity contribution in [3.8, 4) is 0 Å². The summed E-state index contributed by atoms with van der Waals surface area (Å²) in [6, 6.07) is 48.1. The number of aliphatic hydroxyl groups is 1. The number of aliphatic carboxylic acids is 1. The average molecular weight is 903 g/mol. The molecular weight excluding hydrogens is 841 g/mol. The Morgan fingerprint density at radius 3 is 1.39 bits per heavy atom. The van der Waals surface area contributed by atoms with Gasteiger partial charge in [-0.2, -0.15) is 0 Å². The molecule has 0 aromatic heterocycles. The number of likely N-dealkylation sites (N-methyl/N-ethyl adjacent to an activating group) is 1. The monoisotopic (exact) mass is 902 g/mol. The molecule has 1 aliphatic heterocycles. The van der Waals surface area contributed by atoms with Crippen LogP contribution in [0.3, 0.4) is 0 Å². The molecule has 7 N–H and O–H groups in total. The Labute approximate surface area is 387 Å². The van der Waals surface area contributed by atoms with Crippen molar-refractivity contribution < 1.29 is 43.7 Å². The number of nitrogens with two attached hydrogens (primary N) is 1. The fraction of sp³-hybridized carbons (Fsp3) is 0.294. The first-order chi connectivity index (χ1) is 31.9. The lowest BCUT2D eigenvalue weighted by atomic mass is 10.0. The van der Waals surface area contributed by atoms with E-state index in [2.05, 4.69) is 25.6 Å². The molecule has 1 saturated heterocycles. The normalized spacial score (nSPS) is 13.0. The number of β-amino-alcohol motifs (C(OH)–C–C–N with tert-alkyl or cyclic N) is 1. The Morgan fingerprint density at radius 2 is 1.03 bits per heavy atom. The SMILES string of the molecule is CN(C(=O)CC(=O)NCc1ccccc1)[C@H](CN1CC[C@H](O)C1)c1ccccc1.COC(=O)CC(=O)NCc1ccccc1.NCc1ccccc1.O=C(O)CC(=O)NCc1ccccc1. The van der Waals surface area contributed by atoms with E-state index in [1.807, 2.05) is 152 Å². The van der Waals surface area contributed by atoms with Gasteiger partial charge in [-0.1, -0.05) is 152 Å². The number of amides is 4. The van der Waals surface area contributed by atoms with Gasteiger partial charge < -0.3 is 41.5 Å². The number of ether oxygens (including phenoxy) is 1. The number of rotatable bonds is 17. The minimum Gasteiger partial charge on any atom is -0.481 e. The number of methoxy groups -OCH3 is 1. The summed E-state index contributed by atoms with van der Waals surface area (Å²) >= 11 is 0. The zero-order valence-electron chi connectivity index (χ0n) is 37.6. The van der Waals surface area contributed by atoms with E-state index in [-0.39, 0.29) is 42.7 Å². The van der Waals surface area contributed by atoms with Crippen molar-refractivity contribution in [2.24, 2.45) is 5.73 Å². The Morgan fingerprint density at radius 1 is 0.636 bits per heavy atom. The van der Waals surface area contributed by atoms with Crippen molar-refractivity contribution >= 4 is 35.6 Å². The van der Waals surface area contributed by atoms with Gasteiger partial charge in [0.15, 0.2) is 0 Å². The number of carboxylic acids is 1. The third-order valence-electron chi connectivity index (χ3n) is 9.96. The van der Waals surface area contributed by atoms with E-state index >= 15 is 0 Å². The summed E-state index contributed by atoms with van der Waals surface area (Å²) in [5, 5.41) is 26.1. The molecule has 4 amide bonds. The number of carbonyl (C=O) groups excluding carboxylic acids is 5. The average Bonchev–Trinajstić information content (AvgIpc) is 3.77. The summed E-state index contributed by atoms with van der Waals surface area (Å²) in [6.07, 6.45) is -0.455. The third kappa shape index (κ3) is 22.4. The minimum atomic E-state index is -1.12. The van der Waals surface area contributed by atoms with Gasteiger partial charge in [0.2, 0.25) is 23.6 Å². The zero-order chi connectivity index (χ0) is 47.9. The molecule has 6 rings (SSSR count). The number of nitrogens with one attached hydrogen (secondary N) is 3. The van der Waals surface area contributed by atoms with E-state index < -0.39 is 24.3 Å². The second-order valence-electron chi connectivity index (χ2n) is 15.1. The molecule has 5 aromatic carbocycles. The largest absolute Gasteiger partial charge is 0.481 e. The number of hydrogen-bond acceptors (Lipinski definition) is 10. The topological polar surface area (TPSA) is 221 Å². The van der Waals surface area contributed by atoms with Gasteiger partial charge in [-0.15, -0.1) is 0 Å². The number of likely N-dealkylation sites (tertiary alicyclic amines) is 1. The maximum absolute atomic E-state index is 12.8. The van der Waals surface area contributed by atoms with Crippen LogP contribution in [0.4, 0.5) is 0 Å². The minimum absolute atomic E-state index is 0.170. The fourth-order valence-electron chi connectivity index (χ4n) is 6.32. The van der Waals surface area contributed by atoms with Gasteiger partial charge in [-0.05, 0) is 34.2 Å². The van der Waals surface area contributed by atoms with Crippen LogP contribution in [0, 0.1) is 0 Å². The lowest BCUT2D eigenvalue weighted by Gasteiger charge is -2.32. The second kappa shape index (κ2) is 30.8. The summed E-state index contributed by atoms with van der Waals surface area (Å²) in [6.45, 7) is 3.90. The van der Waals surface area contributed by atoms with Crippen molar-refractivity contribution in [1.82, 2.24) is 25.8 Å². The maximum atomic E-state index is 12.8. The van der Waals surface area contributed by atoms with E-state index in [0.29, 0.717) is 39.3 Å². The summed E-state index contributed by atoms with van der Waals surface area (Å²) in [4.78, 5) is 71.9. The molecule has 0 saturated carbocycles. The molecule has 2 atom stereocenters. The summed E-state index contributed by atoms with van der Waals surface area (Å²) in [5.74, 6) is -2.94. The van der Waals surface area contributed by atoms with E-state index in [1.165, 1.54) is 12.7 Å². The standard InChI is InChI=1S/C23H29N3O3.C11H13NO3.C10H11NO3.C7H9N/c1-25(23(29)14-22(28)24-15-18-8-4-2-5-9-18)21(19-10-6-3-7-11-19)17-26-13-12-20(27)16-26;1-15-11(14)7-10(13)12-8-9-5-3-2-4-6-9;12-9(6-10(13)14)11-7-8-4-2-1-3-5-8;8-6-7-4-2-1-3-5-7/h2-11,20-21,27H,12-17H2,1H3,(H,24,28);2-6H,7-8H2,1H3,(H,12,13);1-5H,6-7H2,(H,11,12)(H,13,14);1-5H,6,8H2/t20-,21+;;;/m0.../s1. The molecule has 0 aliphatic carbocycles. The van der Waals surface area contributed by atoms with Crippen LogP contribution < -0.4 is 21.7 Å². The van der Waals surface area contributed by atoms with Gasteiger partial charge in [0.25, 0.3) is 0 Å². The molecule has 15 heteroatoms. The quantitative estimate of drug-likeness (QED) is 0.0553. The number of nitrogens with zero attached hydrogens (tertiary/aromatic N) is 2. The van der Waals surface area contributed by atoms with Crippen LogP contribution >= 0.6 is 0 Å². The number of carboxylic acid groups (broad SMARTS) is 1. The van der Waals surface area contributed by atoms with Crippen molar-refractivity contribution in [1.29, 1.82) is 0 Å². The van der Waals surface area contributed by atoms with Crippen LogP contribution in [-0.4, -0.2) is 95.5 Å². The number of esters is 1. The summed E-state index contributed by atoms with van der Waals surface area (Å²) in [7, 11) is 3.00. The van der Waals surface area contributed by atoms with Gasteiger partial charge >= 0.3 is 11.9 Å². The fourth-order valence-corrected chi connectivity index (χ4v) is 6.32. The molecule has 0 unspecified atom stereocenters. The molecule has 66 heavy (non-hydrogen) atoms. The van der Waals surface area contributed by atoms with Crippen LogP contribution in [-0.2, 0) is 59.7 Å². The first-order valence-electron chi connectivity index (χ1n) is 21.5. The highest BCUT2D eigenvalue weighted by Gasteiger charge is 2.28. The van der Waals surface area contributed by atoms with Crippen LogP contribution in [0.15, 0.2) is 152 Å². The van der Waals surface area contributed by atoms with E-state index in [9.17, 15) is 33.9 Å². The van der Waals surface area contributed by atoms with Crippen molar-refractivity contribution in [3.05, 3.63) is 179 Å². The van der Waals surface area contributed by atoms with E-state index in [0.717, 1.165) is 35.2 Å². The molecule has 0 bridgehead atoms. The molecule has 1 fully saturated rings. The molecule has 5 aromatic rings. The van der Waals surface area contributed by atoms with Gasteiger partial charge in [-0.3, -0.25) is 33.7 Å². The van der Waals surface area contributed by atoms with Crippen molar-refractivity contribution in [2.45, 2.75) is 64.0 Å². The molecule has 0 spiro atoms. The number of aliphatic hydroxyl groups excluding tert-OH is 1. The molecule has 1 heterocycles. The van der Waals surface area contributed by atoms with Crippen molar-refractivity contribution in [2.75, 3.05) is 33.8 Å². The van der Waals surface area contributed by atoms with Gasteiger partial charge in [-0.25, -0.2) is 0 Å². The number of benzene rings is 5. The smallest absolute Gasteiger partial charge is 0.315 e. The maximum Gasteiger partial charge on any atom is 0.315 e. The van der Waals surface area contributed by atoms with Gasteiger partial charge in [0, 0.05) is 52.9 Å². The van der Waals surface area contributed by atoms with Crippen LogP contribution in [0.5, 0.6) is 0 Å². The van der Waals surface area contributed by atoms with Gasteiger partial charge in [0.05, 0.1) is 19.3 Å². The molecular formula is C51H62N6O9. The van der Waals surface area contributed by atoms with E-state index in [4.69, 9.17) is 10.8 Å². The zero-order valence-corrected chi connectivity index (χ0v) is 37.6. The van der Waals surface area contributed by atoms with Gasteiger partial charge in [0.1, 0.15) is 19.3 Å². The highest BCUT2D eigenvalue weighted by atomic mass is 16.5. The van der Waals surface area contributed by atoms with Crippen molar-refractivity contribution in [3.63, 3.8) is 0 Å². The highest BCUT2D eigenvalue weighted by molar-refractivity contribution is 5.97. The Kier molecular flexibility index (Phi) is 24.8. The van der Waals surface area contributed by atoms with Crippen LogP contribution in [0.1, 0.15) is 59.5 Å². The Bertz CT molecular complexity index is 2180. The number of hydrogen-bond donors (Lipinski definition) is 6. The molecule has 1 aliphatic rings. The van der Waals surface area contributed by atoms with E-state index in [1.54, 1.807) is 11.9 Å². The molecule has 350 valence electrons. The second-order valence-corrected chi connectivity index (χ2v) is 15.1. The molecule has 0 radical (unpaired) electrons. The predicted octanol–water partition coefficient (Wildman–Crippen LogP) is 4.75.